The molecule has 0 aliphatic carbocycles. The van der Waals surface area contributed by atoms with Gasteiger partial charge in [-0.15, -0.1) is 0 Å². The zero-order valence-electron chi connectivity index (χ0n) is 12.8. The monoisotopic (exact) mass is 248 g/mol. The number of piperazine rings is 1. The molecule has 2 nitrogen and oxygen atoms in total. The molecule has 1 fully saturated rings. The zero-order chi connectivity index (χ0) is 13.1. The Morgan fingerprint density at radius 1 is 1.06 bits per heavy atom. The van der Waals surface area contributed by atoms with Crippen LogP contribution in [0.15, 0.2) is 0 Å². The molecular weight excluding hydrogens is 219 g/mol. The van der Waals surface area contributed by atoms with Crippen molar-refractivity contribution < 1.29 is 0 Å². The Balaban J connectivity index is 2.46. The molecule has 17 heavy (non-hydrogen) atoms. The molecule has 0 spiro atoms. The Labute approximate surface area is 118 Å². The minimum atomic E-state index is -1.26. The summed E-state index contributed by atoms with van der Waals surface area (Å²) in [5.74, 6) is 0. The van der Waals surface area contributed by atoms with Crippen LogP contribution in [0.2, 0.25) is 23.2 Å². The normalized spacial score (nSPS) is 20.9. The number of hydrogen-bond donors (Lipinski definition) is 0. The van der Waals surface area contributed by atoms with Crippen molar-refractivity contribution in [3.63, 3.8) is 0 Å². The summed E-state index contributed by atoms with van der Waals surface area (Å²) >= 11 is 2.28. The molecular formula is C13H29LiN2Si. The molecule has 0 saturated carbocycles. The van der Waals surface area contributed by atoms with E-state index in [-0.39, 0.29) is 0 Å². The van der Waals surface area contributed by atoms with Crippen LogP contribution < -0.4 is 0 Å². The zero-order valence-corrected chi connectivity index (χ0v) is 13.8. The van der Waals surface area contributed by atoms with Crippen LogP contribution in [0.1, 0.15) is 27.2 Å². The number of nitrogens with zero attached hydrogens (tertiary/aromatic N) is 2. The van der Waals surface area contributed by atoms with E-state index in [1.807, 2.05) is 0 Å². The predicted molar refractivity (Wildman–Crippen MR) is 80.4 cm³/mol. The van der Waals surface area contributed by atoms with Crippen LogP contribution in [-0.4, -0.2) is 68.1 Å². The van der Waals surface area contributed by atoms with Gasteiger partial charge in [-0.05, 0) is 0 Å². The average molecular weight is 248 g/mol. The van der Waals surface area contributed by atoms with Crippen LogP contribution in [0, 0.1) is 0 Å². The van der Waals surface area contributed by atoms with E-state index < -0.39 is 8.24 Å². The molecule has 0 unspecified atom stereocenters. The molecule has 1 saturated heterocycles. The Hall–Kier alpha value is 0.734. The maximum atomic E-state index is 2.81. The Morgan fingerprint density at radius 3 is 2.00 bits per heavy atom. The van der Waals surface area contributed by atoms with Gasteiger partial charge in [-0.2, -0.15) is 0 Å². The average Bonchev–Trinajstić information content (AvgIpc) is 2.25. The summed E-state index contributed by atoms with van der Waals surface area (Å²) in [6.45, 7) is 18.8. The van der Waals surface area contributed by atoms with Gasteiger partial charge in [-0.25, -0.2) is 0 Å². The summed E-state index contributed by atoms with van der Waals surface area (Å²) in [7, 11) is -1.26. The van der Waals surface area contributed by atoms with E-state index in [0.717, 1.165) is 0 Å². The third-order valence-electron chi connectivity index (χ3n) is 4.83. The van der Waals surface area contributed by atoms with Crippen molar-refractivity contribution in [2.45, 2.75) is 50.4 Å². The SMILES string of the molecule is [Li][CH2]CCN1CCN([Si](C)(C)C(C)(C)C)CC1. The summed E-state index contributed by atoms with van der Waals surface area (Å²) in [5.41, 5.74) is 0. The maximum absolute atomic E-state index is 2.81. The van der Waals surface area contributed by atoms with Crippen molar-refractivity contribution in [3.8, 4) is 0 Å². The topological polar surface area (TPSA) is 6.48 Å². The van der Waals surface area contributed by atoms with Crippen LogP contribution in [0.4, 0.5) is 0 Å². The Kier molecular flexibility index (Phi) is 5.81. The summed E-state index contributed by atoms with van der Waals surface area (Å²) < 4.78 is 2.81. The van der Waals surface area contributed by atoms with Gasteiger partial charge >= 0.3 is 119 Å². The summed E-state index contributed by atoms with van der Waals surface area (Å²) in [6.07, 6.45) is 1.36. The summed E-state index contributed by atoms with van der Waals surface area (Å²) in [5, 5.41) is 1.81. The van der Waals surface area contributed by atoms with E-state index in [4.69, 9.17) is 0 Å². The van der Waals surface area contributed by atoms with Gasteiger partial charge in [0.25, 0.3) is 0 Å². The number of rotatable bonds is 4. The molecule has 0 aromatic heterocycles. The fraction of sp³-hybridized carbons (Fsp3) is 1.00. The van der Waals surface area contributed by atoms with Gasteiger partial charge in [0.15, 0.2) is 0 Å². The van der Waals surface area contributed by atoms with Crippen LogP contribution >= 0.6 is 0 Å². The van der Waals surface area contributed by atoms with Gasteiger partial charge in [0.1, 0.15) is 0 Å². The van der Waals surface area contributed by atoms with E-state index in [1.165, 1.54) is 44.2 Å². The molecule has 0 amide bonds. The van der Waals surface area contributed by atoms with Gasteiger partial charge in [0, 0.05) is 0 Å². The van der Waals surface area contributed by atoms with E-state index in [0.29, 0.717) is 5.04 Å². The molecule has 0 bridgehead atoms. The molecule has 0 atom stereocenters. The fourth-order valence-corrected chi connectivity index (χ4v) is 4.65. The van der Waals surface area contributed by atoms with E-state index in [1.54, 1.807) is 0 Å². The first-order chi connectivity index (χ1) is 7.79. The van der Waals surface area contributed by atoms with E-state index in [2.05, 4.69) is 61.0 Å². The molecule has 0 radical (unpaired) electrons. The van der Waals surface area contributed by atoms with Gasteiger partial charge in [-0.3, -0.25) is 0 Å². The first-order valence-electron chi connectivity index (χ1n) is 7.26. The third kappa shape index (κ3) is 4.11. The molecule has 96 valence electrons. The van der Waals surface area contributed by atoms with Gasteiger partial charge < -0.3 is 0 Å². The summed E-state index contributed by atoms with van der Waals surface area (Å²) in [4.78, 5) is 2.65. The van der Waals surface area contributed by atoms with Crippen molar-refractivity contribution in [2.24, 2.45) is 0 Å². The second kappa shape index (κ2) is 6.26. The molecule has 0 N–H and O–H groups in total. The second-order valence-electron chi connectivity index (χ2n) is 6.99. The van der Waals surface area contributed by atoms with Crippen LogP contribution in [0.25, 0.3) is 0 Å². The Bertz CT molecular complexity index is 230. The van der Waals surface area contributed by atoms with Crippen molar-refractivity contribution in [1.82, 2.24) is 9.47 Å². The first kappa shape index (κ1) is 15.8. The number of hydrogen-bond acceptors (Lipinski definition) is 2. The van der Waals surface area contributed by atoms with Crippen molar-refractivity contribution in [1.29, 1.82) is 0 Å². The first-order valence-corrected chi connectivity index (χ1v) is 10.2. The molecule has 1 rings (SSSR count). The molecule has 1 aliphatic rings. The van der Waals surface area contributed by atoms with Gasteiger partial charge in [0.2, 0.25) is 0 Å². The molecule has 1 heterocycles. The molecule has 0 aromatic rings. The van der Waals surface area contributed by atoms with Crippen molar-refractivity contribution in [2.75, 3.05) is 32.7 Å². The third-order valence-corrected chi connectivity index (χ3v) is 10.5. The fourth-order valence-electron chi connectivity index (χ4n) is 2.39. The minimum absolute atomic E-state index is 0.485. The quantitative estimate of drug-likeness (QED) is 0.706. The molecule has 4 heteroatoms. The standard InChI is InChI=1S/C13H29N2Si.Li/c1-7-8-14-9-11-15(12-10-14)16(5,6)13(2,3)4;/h1,7-12H2,2-6H3;. The van der Waals surface area contributed by atoms with Gasteiger partial charge in [-0.1, -0.05) is 0 Å². The van der Waals surface area contributed by atoms with Crippen LogP contribution in [0.5, 0.6) is 0 Å². The van der Waals surface area contributed by atoms with Gasteiger partial charge in [0.05, 0.1) is 0 Å². The van der Waals surface area contributed by atoms with E-state index in [9.17, 15) is 0 Å². The summed E-state index contributed by atoms with van der Waals surface area (Å²) in [6, 6.07) is 0. The van der Waals surface area contributed by atoms with E-state index >= 15 is 0 Å². The second-order valence-corrected chi connectivity index (χ2v) is 12.2. The van der Waals surface area contributed by atoms with Crippen molar-refractivity contribution in [3.05, 3.63) is 0 Å². The van der Waals surface area contributed by atoms with Crippen molar-refractivity contribution >= 4 is 26.0 Å². The molecule has 1 aliphatic heterocycles. The molecule has 0 aromatic carbocycles. The van der Waals surface area contributed by atoms with Crippen LogP contribution in [-0.2, 0) is 0 Å². The predicted octanol–water partition coefficient (Wildman–Crippen LogP) is 2.59. The van der Waals surface area contributed by atoms with Crippen LogP contribution in [0.3, 0.4) is 0 Å². The Morgan fingerprint density at radius 2 is 1.59 bits per heavy atom.